The van der Waals surface area contributed by atoms with Crippen LogP contribution in [0.4, 0.5) is 0 Å². The number of hydrogen-bond donors (Lipinski definition) is 0. The molecule has 1 aliphatic carbocycles. The molecule has 0 aromatic carbocycles. The Balaban J connectivity index is 2.21. The van der Waals surface area contributed by atoms with Gasteiger partial charge in [-0.05, 0) is 25.7 Å². The summed E-state index contributed by atoms with van der Waals surface area (Å²) in [6.45, 7) is 2.26. The Labute approximate surface area is 67.3 Å². The number of hydrogen-bond acceptors (Lipinski definition) is 0. The molecule has 0 atom stereocenters. The summed E-state index contributed by atoms with van der Waals surface area (Å²) in [6.07, 6.45) is 2.66. The van der Waals surface area contributed by atoms with Crippen molar-refractivity contribution in [2.75, 3.05) is 5.33 Å². The van der Waals surface area contributed by atoms with Gasteiger partial charge in [0, 0.05) is 9.65 Å². The lowest BCUT2D eigenvalue weighted by atomic mass is 9.77. The highest BCUT2D eigenvalue weighted by Gasteiger charge is 2.36. The summed E-state index contributed by atoms with van der Waals surface area (Å²) in [7, 11) is 0. The summed E-state index contributed by atoms with van der Waals surface area (Å²) in [4.78, 5) is 0. The van der Waals surface area contributed by atoms with E-state index >= 15 is 0 Å². The summed E-state index contributed by atoms with van der Waals surface area (Å²) in [5, 5.41) is 1.17. The van der Waals surface area contributed by atoms with Crippen LogP contribution in [0.15, 0.2) is 0 Å². The maximum Gasteiger partial charge on any atom is 0.0235 e. The van der Waals surface area contributed by atoms with Gasteiger partial charge in [0.1, 0.15) is 0 Å². The van der Waals surface area contributed by atoms with E-state index in [1.165, 1.54) is 18.2 Å². The predicted octanol–water partition coefficient (Wildman–Crippen LogP) is 2.94. The molecule has 0 unspecified atom stereocenters. The Morgan fingerprint density at radius 1 is 1.62 bits per heavy atom. The van der Waals surface area contributed by atoms with E-state index in [4.69, 9.17) is 0 Å². The zero-order valence-electron chi connectivity index (χ0n) is 4.95. The van der Waals surface area contributed by atoms with Crippen molar-refractivity contribution in [3.8, 4) is 0 Å². The van der Waals surface area contributed by atoms with E-state index in [0.29, 0.717) is 4.32 Å². The maximum atomic E-state index is 3.62. The molecule has 0 heterocycles. The van der Waals surface area contributed by atoms with Crippen LogP contribution in [0.1, 0.15) is 19.8 Å². The Morgan fingerprint density at radius 2 is 2.12 bits per heavy atom. The molecule has 0 radical (unpaired) electrons. The molecule has 8 heavy (non-hydrogen) atoms. The van der Waals surface area contributed by atoms with Gasteiger partial charge >= 0.3 is 0 Å². The zero-order chi connectivity index (χ0) is 6.20. The lowest BCUT2D eigenvalue weighted by molar-refractivity contribution is 0.284. The second-order valence-electron chi connectivity index (χ2n) is 2.84. The summed E-state index contributed by atoms with van der Waals surface area (Å²) < 4.78 is 0.478. The van der Waals surface area contributed by atoms with Crippen LogP contribution in [0.3, 0.4) is 0 Å². The Kier molecular flexibility index (Phi) is 2.03. The summed E-state index contributed by atoms with van der Waals surface area (Å²) in [6, 6.07) is 0. The Bertz CT molecular complexity index is 80.5. The van der Waals surface area contributed by atoms with Crippen LogP contribution in [0, 0.1) is 5.92 Å². The van der Waals surface area contributed by atoms with Crippen molar-refractivity contribution < 1.29 is 0 Å². The van der Waals surface area contributed by atoms with Crippen molar-refractivity contribution in [3.63, 3.8) is 0 Å². The van der Waals surface area contributed by atoms with E-state index in [2.05, 4.69) is 38.8 Å². The van der Waals surface area contributed by atoms with E-state index in [9.17, 15) is 0 Å². The van der Waals surface area contributed by atoms with Gasteiger partial charge in [-0.3, -0.25) is 0 Å². The van der Waals surface area contributed by atoms with Crippen molar-refractivity contribution in [1.29, 1.82) is 0 Å². The standard InChI is InChI=1S/C6H10Br2/c1-6(8)2-5(3-6)4-7/h5H,2-4H2,1H3. The molecule has 48 valence electrons. The average Bonchev–Trinajstić information content (AvgIpc) is 1.60. The molecule has 0 nitrogen and oxygen atoms in total. The van der Waals surface area contributed by atoms with Gasteiger partial charge in [-0.2, -0.15) is 0 Å². The van der Waals surface area contributed by atoms with E-state index in [-0.39, 0.29) is 0 Å². The highest BCUT2D eigenvalue weighted by Crippen LogP contribution is 2.44. The van der Waals surface area contributed by atoms with Crippen molar-refractivity contribution in [2.24, 2.45) is 5.92 Å². The molecular formula is C6H10Br2. The molecule has 1 fully saturated rings. The zero-order valence-corrected chi connectivity index (χ0v) is 8.13. The van der Waals surface area contributed by atoms with Gasteiger partial charge in [0.15, 0.2) is 0 Å². The first-order chi connectivity index (χ1) is 3.64. The molecule has 1 rings (SSSR count). The van der Waals surface area contributed by atoms with Crippen LogP contribution in [-0.4, -0.2) is 9.65 Å². The first-order valence-corrected chi connectivity index (χ1v) is 4.80. The van der Waals surface area contributed by atoms with Gasteiger partial charge < -0.3 is 0 Å². The van der Waals surface area contributed by atoms with Crippen molar-refractivity contribution in [1.82, 2.24) is 0 Å². The van der Waals surface area contributed by atoms with Crippen LogP contribution in [0.5, 0.6) is 0 Å². The molecule has 0 aliphatic heterocycles. The lowest BCUT2D eigenvalue weighted by Crippen LogP contribution is -2.35. The molecule has 0 aromatic rings. The molecule has 0 aromatic heterocycles. The molecule has 0 spiro atoms. The third-order valence-corrected chi connectivity index (χ3v) is 3.21. The van der Waals surface area contributed by atoms with Gasteiger partial charge in [-0.25, -0.2) is 0 Å². The molecule has 0 saturated heterocycles. The van der Waals surface area contributed by atoms with Gasteiger partial charge in [0.25, 0.3) is 0 Å². The van der Waals surface area contributed by atoms with E-state index < -0.39 is 0 Å². The normalized spacial score (nSPS) is 46.1. The largest absolute Gasteiger partial charge is 0.0925 e. The van der Waals surface area contributed by atoms with Crippen LogP contribution in [0.2, 0.25) is 0 Å². The van der Waals surface area contributed by atoms with Gasteiger partial charge in [0.2, 0.25) is 0 Å². The smallest absolute Gasteiger partial charge is 0.0235 e. The number of rotatable bonds is 1. The van der Waals surface area contributed by atoms with Crippen molar-refractivity contribution >= 4 is 31.9 Å². The second kappa shape index (κ2) is 2.30. The summed E-state index contributed by atoms with van der Waals surface area (Å²) in [5.74, 6) is 0.930. The minimum Gasteiger partial charge on any atom is -0.0925 e. The van der Waals surface area contributed by atoms with Crippen LogP contribution < -0.4 is 0 Å². The lowest BCUT2D eigenvalue weighted by Gasteiger charge is -2.39. The minimum absolute atomic E-state index is 0.478. The number of alkyl halides is 2. The van der Waals surface area contributed by atoms with E-state index in [1.54, 1.807) is 0 Å². The SMILES string of the molecule is CC1(Br)CC(CBr)C1. The monoisotopic (exact) mass is 240 g/mol. The fraction of sp³-hybridized carbons (Fsp3) is 1.00. The Morgan fingerprint density at radius 3 is 2.25 bits per heavy atom. The molecule has 1 aliphatic rings. The average molecular weight is 242 g/mol. The van der Waals surface area contributed by atoms with Crippen LogP contribution >= 0.6 is 31.9 Å². The highest BCUT2D eigenvalue weighted by atomic mass is 79.9. The molecular weight excluding hydrogens is 232 g/mol. The molecule has 1 saturated carbocycles. The molecule has 0 N–H and O–H groups in total. The topological polar surface area (TPSA) is 0 Å². The fourth-order valence-corrected chi connectivity index (χ4v) is 2.63. The third-order valence-electron chi connectivity index (χ3n) is 1.65. The highest BCUT2D eigenvalue weighted by molar-refractivity contribution is 9.10. The molecule has 0 bridgehead atoms. The van der Waals surface area contributed by atoms with Crippen LogP contribution in [-0.2, 0) is 0 Å². The summed E-state index contributed by atoms with van der Waals surface area (Å²) in [5.41, 5.74) is 0. The fourth-order valence-electron chi connectivity index (χ4n) is 1.25. The Hall–Kier alpha value is 0.960. The first kappa shape index (κ1) is 7.07. The third kappa shape index (κ3) is 1.47. The molecule has 2 heteroatoms. The van der Waals surface area contributed by atoms with Gasteiger partial charge in [0.05, 0.1) is 0 Å². The molecule has 0 amide bonds. The first-order valence-electron chi connectivity index (χ1n) is 2.89. The maximum absolute atomic E-state index is 3.62. The second-order valence-corrected chi connectivity index (χ2v) is 5.40. The van der Waals surface area contributed by atoms with Gasteiger partial charge in [-0.15, -0.1) is 0 Å². The summed E-state index contributed by atoms with van der Waals surface area (Å²) >= 11 is 7.08. The minimum atomic E-state index is 0.478. The van der Waals surface area contributed by atoms with Crippen molar-refractivity contribution in [3.05, 3.63) is 0 Å². The van der Waals surface area contributed by atoms with Gasteiger partial charge in [-0.1, -0.05) is 31.9 Å². The number of halogens is 2. The predicted molar refractivity (Wildman–Crippen MR) is 43.9 cm³/mol. The quantitative estimate of drug-likeness (QED) is 0.620. The van der Waals surface area contributed by atoms with Crippen molar-refractivity contribution in [2.45, 2.75) is 24.1 Å². The van der Waals surface area contributed by atoms with E-state index in [1.807, 2.05) is 0 Å². The van der Waals surface area contributed by atoms with Crippen LogP contribution in [0.25, 0.3) is 0 Å². The van der Waals surface area contributed by atoms with E-state index in [0.717, 1.165) is 5.92 Å².